The number of benzene rings is 2. The largest absolute Gasteiger partial charge is 0.343 e. The van der Waals surface area contributed by atoms with Crippen LogP contribution in [0.1, 0.15) is 16.7 Å². The van der Waals surface area contributed by atoms with Crippen molar-refractivity contribution in [2.45, 2.75) is 13.5 Å². The molecule has 2 heteroatoms. The van der Waals surface area contributed by atoms with E-state index in [0.717, 1.165) is 23.0 Å². The first-order valence-electron chi connectivity index (χ1n) is 6.32. The zero-order chi connectivity index (χ0) is 13.2. The van der Waals surface area contributed by atoms with Crippen LogP contribution in [0.25, 0.3) is 10.9 Å². The van der Waals surface area contributed by atoms with Gasteiger partial charge in [-0.15, -0.1) is 0 Å². The Morgan fingerprint density at radius 1 is 1.05 bits per heavy atom. The third kappa shape index (κ3) is 2.00. The average molecular weight is 246 g/mol. The zero-order valence-electron chi connectivity index (χ0n) is 10.8. The van der Waals surface area contributed by atoms with E-state index in [9.17, 15) is 0 Å². The Balaban J connectivity index is 2.08. The number of hydrogen-bond acceptors (Lipinski definition) is 1. The van der Waals surface area contributed by atoms with Crippen molar-refractivity contribution >= 4 is 10.9 Å². The highest BCUT2D eigenvalue weighted by Crippen LogP contribution is 2.21. The van der Waals surface area contributed by atoms with Gasteiger partial charge >= 0.3 is 0 Å². The molecule has 0 unspecified atom stereocenters. The summed E-state index contributed by atoms with van der Waals surface area (Å²) in [5.74, 6) is 0. The molecule has 0 spiro atoms. The molecule has 2 aromatic carbocycles. The van der Waals surface area contributed by atoms with E-state index in [4.69, 9.17) is 5.26 Å². The third-order valence-electron chi connectivity index (χ3n) is 3.54. The molecule has 3 aromatic rings. The summed E-state index contributed by atoms with van der Waals surface area (Å²) in [4.78, 5) is 0. The van der Waals surface area contributed by atoms with E-state index < -0.39 is 0 Å². The van der Waals surface area contributed by atoms with Crippen molar-refractivity contribution in [3.05, 3.63) is 71.4 Å². The Kier molecular flexibility index (Phi) is 2.81. The number of nitrogens with zero attached hydrogens (tertiary/aromatic N) is 2. The molecule has 1 aromatic heterocycles. The predicted octanol–water partition coefficient (Wildman–Crippen LogP) is 3.87. The number of aryl methyl sites for hydroxylation is 1. The van der Waals surface area contributed by atoms with Crippen molar-refractivity contribution in [3.63, 3.8) is 0 Å². The van der Waals surface area contributed by atoms with Gasteiger partial charge in [-0.3, -0.25) is 0 Å². The zero-order valence-corrected chi connectivity index (χ0v) is 10.8. The van der Waals surface area contributed by atoms with E-state index in [1.807, 2.05) is 18.2 Å². The van der Waals surface area contributed by atoms with Crippen molar-refractivity contribution in [1.82, 2.24) is 4.57 Å². The van der Waals surface area contributed by atoms with E-state index in [-0.39, 0.29) is 0 Å². The highest BCUT2D eigenvalue weighted by atomic mass is 14.9. The molecule has 0 amide bonds. The summed E-state index contributed by atoms with van der Waals surface area (Å²) in [7, 11) is 0. The van der Waals surface area contributed by atoms with Gasteiger partial charge in [-0.1, -0.05) is 30.3 Å². The van der Waals surface area contributed by atoms with Crippen molar-refractivity contribution in [2.24, 2.45) is 0 Å². The molecular weight excluding hydrogens is 232 g/mol. The van der Waals surface area contributed by atoms with Crippen molar-refractivity contribution in [2.75, 3.05) is 0 Å². The van der Waals surface area contributed by atoms with Gasteiger partial charge in [-0.25, -0.2) is 0 Å². The van der Waals surface area contributed by atoms with E-state index in [0.29, 0.717) is 0 Å². The summed E-state index contributed by atoms with van der Waals surface area (Å²) < 4.78 is 2.19. The average Bonchev–Trinajstić information content (AvgIpc) is 2.84. The Morgan fingerprint density at radius 2 is 1.89 bits per heavy atom. The highest BCUT2D eigenvalue weighted by molar-refractivity contribution is 5.86. The third-order valence-corrected chi connectivity index (χ3v) is 3.54. The molecule has 0 saturated heterocycles. The molecule has 0 radical (unpaired) electrons. The maximum absolute atomic E-state index is 9.12. The second-order valence-corrected chi connectivity index (χ2v) is 4.72. The molecule has 3 rings (SSSR count). The van der Waals surface area contributed by atoms with Crippen LogP contribution in [0.4, 0.5) is 0 Å². The van der Waals surface area contributed by atoms with Gasteiger partial charge in [0.05, 0.1) is 11.6 Å². The van der Waals surface area contributed by atoms with Crippen LogP contribution in [0.15, 0.2) is 54.7 Å². The minimum absolute atomic E-state index is 0.737. The molecule has 0 aliphatic carbocycles. The van der Waals surface area contributed by atoms with Crippen LogP contribution < -0.4 is 0 Å². The first-order valence-corrected chi connectivity index (χ1v) is 6.32. The van der Waals surface area contributed by atoms with Gasteiger partial charge in [0, 0.05) is 23.6 Å². The lowest BCUT2D eigenvalue weighted by molar-refractivity contribution is 0.830. The molecule has 0 fully saturated rings. The summed E-state index contributed by atoms with van der Waals surface area (Å²) in [5, 5.41) is 10.1. The Hall–Kier alpha value is -2.53. The number of fused-ring (bicyclic) bond motifs is 1. The Labute approximate surface area is 112 Å². The summed E-state index contributed by atoms with van der Waals surface area (Å²) in [6.45, 7) is 2.97. The molecule has 2 nitrogen and oxygen atoms in total. The fourth-order valence-electron chi connectivity index (χ4n) is 2.43. The molecular formula is C17H14N2. The number of hydrogen-bond donors (Lipinski definition) is 0. The normalized spacial score (nSPS) is 10.5. The number of rotatable bonds is 2. The van der Waals surface area contributed by atoms with E-state index in [2.05, 4.69) is 54.1 Å². The number of nitriles is 1. The van der Waals surface area contributed by atoms with Crippen LogP contribution in [-0.4, -0.2) is 4.57 Å². The monoisotopic (exact) mass is 246 g/mol. The lowest BCUT2D eigenvalue weighted by atomic mass is 10.1. The standard InChI is InChI=1S/C17H14N2/c1-13-5-2-3-6-15(13)12-19-10-9-16-14(11-18)7-4-8-17(16)19/h2-10H,12H2,1H3. The Morgan fingerprint density at radius 3 is 2.68 bits per heavy atom. The molecule has 92 valence electrons. The van der Waals surface area contributed by atoms with Gasteiger partial charge in [-0.2, -0.15) is 5.26 Å². The lowest BCUT2D eigenvalue weighted by Gasteiger charge is -2.08. The molecule has 0 aliphatic heterocycles. The van der Waals surface area contributed by atoms with Crippen molar-refractivity contribution in [1.29, 1.82) is 5.26 Å². The topological polar surface area (TPSA) is 28.7 Å². The summed E-state index contributed by atoms with van der Waals surface area (Å²) in [6.07, 6.45) is 2.05. The molecule has 1 heterocycles. The first kappa shape index (κ1) is 11.6. The Bertz CT molecular complexity index is 775. The predicted molar refractivity (Wildman–Crippen MR) is 76.9 cm³/mol. The highest BCUT2D eigenvalue weighted by Gasteiger charge is 2.06. The second-order valence-electron chi connectivity index (χ2n) is 4.72. The molecule has 0 N–H and O–H groups in total. The van der Waals surface area contributed by atoms with Crippen molar-refractivity contribution < 1.29 is 0 Å². The first-order chi connectivity index (χ1) is 9.29. The van der Waals surface area contributed by atoms with Crippen LogP contribution in [-0.2, 0) is 6.54 Å². The van der Waals surface area contributed by atoms with Gasteiger partial charge in [0.25, 0.3) is 0 Å². The van der Waals surface area contributed by atoms with Gasteiger partial charge in [-0.05, 0) is 36.2 Å². The smallest absolute Gasteiger partial charge is 0.0998 e. The number of aromatic nitrogens is 1. The fourth-order valence-corrected chi connectivity index (χ4v) is 2.43. The molecule has 0 saturated carbocycles. The van der Waals surface area contributed by atoms with Gasteiger partial charge in [0.2, 0.25) is 0 Å². The summed E-state index contributed by atoms with van der Waals surface area (Å²) in [6, 6.07) is 18.5. The van der Waals surface area contributed by atoms with E-state index in [1.54, 1.807) is 0 Å². The van der Waals surface area contributed by atoms with E-state index >= 15 is 0 Å². The fraction of sp³-hybridized carbons (Fsp3) is 0.118. The van der Waals surface area contributed by atoms with Crippen LogP contribution in [0, 0.1) is 18.3 Å². The van der Waals surface area contributed by atoms with Crippen LogP contribution >= 0.6 is 0 Å². The minimum Gasteiger partial charge on any atom is -0.343 e. The van der Waals surface area contributed by atoms with E-state index in [1.165, 1.54) is 11.1 Å². The van der Waals surface area contributed by atoms with Gasteiger partial charge < -0.3 is 4.57 Å². The maximum atomic E-state index is 9.12. The second kappa shape index (κ2) is 4.62. The quantitative estimate of drug-likeness (QED) is 0.674. The molecule has 0 aliphatic rings. The van der Waals surface area contributed by atoms with Crippen LogP contribution in [0.5, 0.6) is 0 Å². The molecule has 0 bridgehead atoms. The van der Waals surface area contributed by atoms with Crippen molar-refractivity contribution in [3.8, 4) is 6.07 Å². The van der Waals surface area contributed by atoms with Crippen LogP contribution in [0.2, 0.25) is 0 Å². The summed E-state index contributed by atoms with van der Waals surface area (Å²) in [5.41, 5.74) is 4.45. The van der Waals surface area contributed by atoms with Gasteiger partial charge in [0.1, 0.15) is 0 Å². The summed E-state index contributed by atoms with van der Waals surface area (Å²) >= 11 is 0. The molecule has 19 heavy (non-hydrogen) atoms. The van der Waals surface area contributed by atoms with Gasteiger partial charge in [0.15, 0.2) is 0 Å². The lowest BCUT2D eigenvalue weighted by Crippen LogP contribution is -1.99. The SMILES string of the molecule is Cc1ccccc1Cn1ccc2c(C#N)cccc21. The minimum atomic E-state index is 0.737. The molecule has 0 atom stereocenters. The van der Waals surface area contributed by atoms with Crippen LogP contribution in [0.3, 0.4) is 0 Å². The maximum Gasteiger partial charge on any atom is 0.0998 e.